The van der Waals surface area contributed by atoms with E-state index in [1.54, 1.807) is 18.2 Å². The Kier molecular flexibility index (Phi) is 2.92. The number of alkyl halides is 1. The lowest BCUT2D eigenvalue weighted by atomic mass is 10.1. The number of aryl methyl sites for hydroxylation is 1. The van der Waals surface area contributed by atoms with Gasteiger partial charge in [0.05, 0.1) is 5.69 Å². The Hall–Kier alpha value is -0.770. The summed E-state index contributed by atoms with van der Waals surface area (Å²) in [6.45, 7) is 1.90. The van der Waals surface area contributed by atoms with E-state index in [4.69, 9.17) is 16.8 Å². The Bertz CT molecular complexity index is 276. The average molecular weight is 187 g/mol. The van der Waals surface area contributed by atoms with Crippen molar-refractivity contribution in [1.82, 2.24) is 0 Å². The van der Waals surface area contributed by atoms with E-state index in [1.165, 1.54) is 0 Å². The van der Waals surface area contributed by atoms with E-state index in [2.05, 4.69) is 0 Å². The first-order chi connectivity index (χ1) is 5.65. The molecule has 0 aliphatic rings. The molecular formula is C8H9ClNO2-. The largest absolute Gasteiger partial charge is 0.733 e. The second-order valence-electron chi connectivity index (χ2n) is 2.52. The summed E-state index contributed by atoms with van der Waals surface area (Å²) < 4.78 is 0. The minimum atomic E-state index is -0.171. The molecular weight excluding hydrogens is 178 g/mol. The molecule has 0 amide bonds. The van der Waals surface area contributed by atoms with Crippen molar-refractivity contribution in [2.75, 3.05) is 5.23 Å². The number of rotatable bonds is 2. The van der Waals surface area contributed by atoms with Crippen LogP contribution in [-0.4, -0.2) is 5.21 Å². The second kappa shape index (κ2) is 3.76. The Morgan fingerprint density at radius 3 is 2.75 bits per heavy atom. The molecule has 0 atom stereocenters. The molecule has 12 heavy (non-hydrogen) atoms. The Balaban J connectivity index is 3.05. The highest BCUT2D eigenvalue weighted by Gasteiger charge is 1.98. The van der Waals surface area contributed by atoms with Crippen molar-refractivity contribution in [3.05, 3.63) is 34.5 Å². The fourth-order valence-electron chi connectivity index (χ4n) is 0.921. The summed E-state index contributed by atoms with van der Waals surface area (Å²) in [7, 11) is 0. The van der Waals surface area contributed by atoms with Gasteiger partial charge in [-0.05, 0) is 30.2 Å². The number of anilines is 1. The van der Waals surface area contributed by atoms with E-state index in [0.717, 1.165) is 11.1 Å². The maximum Gasteiger partial charge on any atom is 0.0512 e. The summed E-state index contributed by atoms with van der Waals surface area (Å²) in [4.78, 5) is 0. The van der Waals surface area contributed by atoms with Crippen LogP contribution in [-0.2, 0) is 5.88 Å². The van der Waals surface area contributed by atoms with Gasteiger partial charge in [0.1, 0.15) is 0 Å². The first-order valence-electron chi connectivity index (χ1n) is 3.47. The van der Waals surface area contributed by atoms with Crippen LogP contribution in [0.4, 0.5) is 5.69 Å². The van der Waals surface area contributed by atoms with E-state index in [1.807, 2.05) is 6.92 Å². The van der Waals surface area contributed by atoms with Crippen LogP contribution in [0.5, 0.6) is 0 Å². The highest BCUT2D eigenvalue weighted by Crippen LogP contribution is 2.18. The molecule has 0 saturated carbocycles. The molecule has 0 aliphatic carbocycles. The van der Waals surface area contributed by atoms with Crippen LogP contribution < -0.4 is 5.23 Å². The topological polar surface area (TPSA) is 46.5 Å². The lowest BCUT2D eigenvalue weighted by Crippen LogP contribution is -2.07. The molecule has 0 radical (unpaired) electrons. The fraction of sp³-hybridized carbons (Fsp3) is 0.250. The first kappa shape index (κ1) is 9.32. The molecule has 1 aromatic rings. The van der Waals surface area contributed by atoms with E-state index in [-0.39, 0.29) is 10.9 Å². The SMILES string of the molecule is Cc1ccc(N([O-])O)cc1CCl. The van der Waals surface area contributed by atoms with Crippen LogP contribution in [0.25, 0.3) is 0 Å². The van der Waals surface area contributed by atoms with Crippen molar-refractivity contribution in [1.29, 1.82) is 0 Å². The number of hydrogen-bond acceptors (Lipinski definition) is 3. The van der Waals surface area contributed by atoms with Crippen molar-refractivity contribution in [3.8, 4) is 0 Å². The monoisotopic (exact) mass is 186 g/mol. The predicted molar refractivity (Wildman–Crippen MR) is 48.4 cm³/mol. The predicted octanol–water partition coefficient (Wildman–Crippen LogP) is 2.43. The van der Waals surface area contributed by atoms with Gasteiger partial charge >= 0.3 is 0 Å². The van der Waals surface area contributed by atoms with Gasteiger partial charge in [0, 0.05) is 5.88 Å². The molecule has 3 nitrogen and oxygen atoms in total. The third-order valence-corrected chi connectivity index (χ3v) is 1.99. The number of benzene rings is 1. The summed E-state index contributed by atoms with van der Waals surface area (Å²) in [5.41, 5.74) is 2.07. The molecule has 0 aromatic heterocycles. The molecule has 4 heteroatoms. The second-order valence-corrected chi connectivity index (χ2v) is 2.78. The van der Waals surface area contributed by atoms with Crippen LogP contribution in [0.3, 0.4) is 0 Å². The van der Waals surface area contributed by atoms with E-state index in [9.17, 15) is 5.21 Å². The van der Waals surface area contributed by atoms with Crippen LogP contribution in [0.2, 0.25) is 0 Å². The molecule has 1 rings (SSSR count). The molecule has 0 aliphatic heterocycles. The smallest absolute Gasteiger partial charge is 0.0512 e. The maximum absolute atomic E-state index is 10.5. The minimum absolute atomic E-state index is 0.171. The zero-order valence-electron chi connectivity index (χ0n) is 6.62. The normalized spacial score (nSPS) is 10.0. The molecule has 1 N–H and O–H groups in total. The fourth-order valence-corrected chi connectivity index (χ4v) is 1.21. The summed E-state index contributed by atoms with van der Waals surface area (Å²) in [5.74, 6) is 0.341. The van der Waals surface area contributed by atoms with E-state index >= 15 is 0 Å². The zero-order valence-corrected chi connectivity index (χ0v) is 7.38. The Morgan fingerprint density at radius 2 is 2.25 bits per heavy atom. The number of halogens is 1. The molecule has 0 saturated heterocycles. The van der Waals surface area contributed by atoms with Crippen LogP contribution in [0.15, 0.2) is 18.2 Å². The minimum Gasteiger partial charge on any atom is -0.733 e. The average Bonchev–Trinajstić information content (AvgIpc) is 2.05. The summed E-state index contributed by atoms with van der Waals surface area (Å²) >= 11 is 5.61. The van der Waals surface area contributed by atoms with Crippen molar-refractivity contribution in [3.63, 3.8) is 0 Å². The van der Waals surface area contributed by atoms with Gasteiger partial charge in [0.2, 0.25) is 0 Å². The van der Waals surface area contributed by atoms with Crippen molar-refractivity contribution in [2.45, 2.75) is 12.8 Å². The van der Waals surface area contributed by atoms with Gasteiger partial charge in [-0.1, -0.05) is 6.07 Å². The molecule has 0 spiro atoms. The Morgan fingerprint density at radius 1 is 1.58 bits per heavy atom. The van der Waals surface area contributed by atoms with E-state index < -0.39 is 0 Å². The molecule has 0 bridgehead atoms. The summed E-state index contributed by atoms with van der Waals surface area (Å²) in [5, 5.41) is 18.9. The molecule has 1 aromatic carbocycles. The third kappa shape index (κ3) is 1.88. The van der Waals surface area contributed by atoms with Gasteiger partial charge < -0.3 is 10.4 Å². The van der Waals surface area contributed by atoms with Crippen LogP contribution >= 0.6 is 11.6 Å². The highest BCUT2D eigenvalue weighted by atomic mass is 35.5. The first-order valence-corrected chi connectivity index (χ1v) is 4.00. The maximum atomic E-state index is 10.5. The highest BCUT2D eigenvalue weighted by molar-refractivity contribution is 6.17. The van der Waals surface area contributed by atoms with E-state index in [0.29, 0.717) is 5.88 Å². The van der Waals surface area contributed by atoms with Crippen molar-refractivity contribution >= 4 is 17.3 Å². The van der Waals surface area contributed by atoms with Gasteiger partial charge in [-0.15, -0.1) is 11.6 Å². The number of nitrogens with zero attached hydrogens (tertiary/aromatic N) is 1. The van der Waals surface area contributed by atoms with Gasteiger partial charge in [-0.2, -0.15) is 0 Å². The number of hydrogen-bond donors (Lipinski definition) is 1. The lowest BCUT2D eigenvalue weighted by Gasteiger charge is -2.22. The van der Waals surface area contributed by atoms with Crippen molar-refractivity contribution < 1.29 is 5.21 Å². The Labute approximate surface area is 75.7 Å². The standard InChI is InChI=1S/C8H9ClNO2/c1-6-2-3-8(10(11)12)4-7(6)5-9/h2-4,11H,5H2,1H3/q-1. The van der Waals surface area contributed by atoms with Gasteiger partial charge in [-0.3, -0.25) is 5.21 Å². The molecule has 0 heterocycles. The quantitative estimate of drug-likeness (QED) is 0.570. The lowest BCUT2D eigenvalue weighted by molar-refractivity contribution is 0.296. The third-order valence-electron chi connectivity index (χ3n) is 1.70. The molecule has 0 unspecified atom stereocenters. The molecule has 66 valence electrons. The van der Waals surface area contributed by atoms with Crippen LogP contribution in [0, 0.1) is 12.1 Å². The molecule has 0 fully saturated rings. The van der Waals surface area contributed by atoms with Gasteiger partial charge in [0.25, 0.3) is 0 Å². The zero-order chi connectivity index (χ0) is 9.14. The van der Waals surface area contributed by atoms with Crippen LogP contribution in [0.1, 0.15) is 11.1 Å². The van der Waals surface area contributed by atoms with Crippen molar-refractivity contribution in [2.24, 2.45) is 0 Å². The van der Waals surface area contributed by atoms with Gasteiger partial charge in [-0.25, -0.2) is 0 Å². The summed E-state index contributed by atoms with van der Waals surface area (Å²) in [6, 6.07) is 4.85. The van der Waals surface area contributed by atoms with Gasteiger partial charge in [0.15, 0.2) is 0 Å². The summed E-state index contributed by atoms with van der Waals surface area (Å²) in [6.07, 6.45) is 0.